The average molecular weight is 442 g/mol. The summed E-state index contributed by atoms with van der Waals surface area (Å²) in [5.74, 6) is 0.307. The summed E-state index contributed by atoms with van der Waals surface area (Å²) >= 11 is 0. The molecule has 1 amide bonds. The van der Waals surface area contributed by atoms with E-state index < -0.39 is 26.7 Å². The van der Waals surface area contributed by atoms with Crippen LogP contribution < -0.4 is 4.74 Å². The third-order valence-corrected chi connectivity index (χ3v) is 6.61. The molecule has 0 aromatic heterocycles. The minimum atomic E-state index is -4.63. The summed E-state index contributed by atoms with van der Waals surface area (Å²) in [6.45, 7) is 2.55. The number of nitrogens with zero attached hydrogens (tertiary/aromatic N) is 2. The molecular weight excluding hydrogens is 421 g/mol. The maximum atomic E-state index is 12.9. The highest BCUT2D eigenvalue weighted by Gasteiger charge is 2.34. The predicted octanol–water partition coefficient (Wildman–Crippen LogP) is 3.25. The second kappa shape index (κ2) is 8.65. The Kier molecular flexibility index (Phi) is 6.37. The van der Waals surface area contributed by atoms with Gasteiger partial charge in [0, 0.05) is 31.7 Å². The molecule has 1 fully saturated rings. The smallest absolute Gasteiger partial charge is 0.416 e. The van der Waals surface area contributed by atoms with E-state index in [1.54, 1.807) is 24.3 Å². The highest BCUT2D eigenvalue weighted by atomic mass is 32.2. The Morgan fingerprint density at radius 2 is 1.70 bits per heavy atom. The third-order valence-electron chi connectivity index (χ3n) is 4.72. The standard InChI is InChI=1S/C20H21F3N2O4S/c1-2-29-17-7-3-5-15(13-17)19(26)24-9-11-25(12-10-24)30(27,28)18-8-4-6-16(14-18)20(21,22)23/h3-8,13-14H,2,9-12H2,1H3. The quantitative estimate of drug-likeness (QED) is 0.713. The van der Waals surface area contributed by atoms with Crippen molar-refractivity contribution < 1.29 is 31.1 Å². The van der Waals surface area contributed by atoms with E-state index in [0.29, 0.717) is 24.0 Å². The lowest BCUT2D eigenvalue weighted by atomic mass is 10.1. The number of hydrogen-bond donors (Lipinski definition) is 0. The van der Waals surface area contributed by atoms with Crippen LogP contribution in [0.15, 0.2) is 53.4 Å². The Labute approximate surface area is 172 Å². The normalized spacial score (nSPS) is 15.8. The van der Waals surface area contributed by atoms with Crippen molar-refractivity contribution in [2.24, 2.45) is 0 Å². The summed E-state index contributed by atoms with van der Waals surface area (Å²) < 4.78 is 70.8. The molecule has 0 aliphatic carbocycles. The lowest BCUT2D eigenvalue weighted by Gasteiger charge is -2.34. The zero-order valence-corrected chi connectivity index (χ0v) is 17.0. The van der Waals surface area contributed by atoms with Crippen molar-refractivity contribution in [3.63, 3.8) is 0 Å². The van der Waals surface area contributed by atoms with Crippen LogP contribution >= 0.6 is 0 Å². The number of sulfonamides is 1. The van der Waals surface area contributed by atoms with Crippen molar-refractivity contribution in [1.82, 2.24) is 9.21 Å². The fourth-order valence-electron chi connectivity index (χ4n) is 3.18. The summed E-state index contributed by atoms with van der Waals surface area (Å²) in [6.07, 6.45) is -4.63. The van der Waals surface area contributed by atoms with E-state index in [-0.39, 0.29) is 32.1 Å². The molecule has 3 rings (SSSR count). The van der Waals surface area contributed by atoms with Crippen molar-refractivity contribution >= 4 is 15.9 Å². The van der Waals surface area contributed by atoms with Crippen LogP contribution in [0.25, 0.3) is 0 Å². The van der Waals surface area contributed by atoms with Gasteiger partial charge in [0.2, 0.25) is 10.0 Å². The Hall–Kier alpha value is -2.59. The van der Waals surface area contributed by atoms with Crippen LogP contribution in [0.2, 0.25) is 0 Å². The third kappa shape index (κ3) is 4.76. The molecule has 0 bridgehead atoms. The molecule has 1 heterocycles. The molecule has 10 heteroatoms. The predicted molar refractivity (Wildman–Crippen MR) is 104 cm³/mol. The van der Waals surface area contributed by atoms with Crippen molar-refractivity contribution in [2.45, 2.75) is 18.0 Å². The van der Waals surface area contributed by atoms with E-state index >= 15 is 0 Å². The second-order valence-corrected chi connectivity index (χ2v) is 8.62. The van der Waals surface area contributed by atoms with Gasteiger partial charge in [0.25, 0.3) is 5.91 Å². The molecule has 2 aromatic carbocycles. The molecule has 6 nitrogen and oxygen atoms in total. The van der Waals surface area contributed by atoms with Gasteiger partial charge in [-0.2, -0.15) is 17.5 Å². The van der Waals surface area contributed by atoms with E-state index in [0.717, 1.165) is 22.5 Å². The number of benzene rings is 2. The molecule has 0 N–H and O–H groups in total. The molecule has 0 spiro atoms. The number of halogens is 3. The van der Waals surface area contributed by atoms with Gasteiger partial charge in [-0.1, -0.05) is 12.1 Å². The highest BCUT2D eigenvalue weighted by Crippen LogP contribution is 2.31. The molecule has 0 unspecified atom stereocenters. The maximum absolute atomic E-state index is 12.9. The largest absolute Gasteiger partial charge is 0.494 e. The van der Waals surface area contributed by atoms with Crippen LogP contribution in [-0.4, -0.2) is 56.3 Å². The molecule has 2 aromatic rings. The maximum Gasteiger partial charge on any atom is 0.416 e. The Morgan fingerprint density at radius 1 is 1.03 bits per heavy atom. The second-order valence-electron chi connectivity index (χ2n) is 6.68. The van der Waals surface area contributed by atoms with Gasteiger partial charge in [0.15, 0.2) is 0 Å². The first-order chi connectivity index (χ1) is 14.1. The van der Waals surface area contributed by atoms with Crippen LogP contribution in [-0.2, 0) is 16.2 Å². The number of amides is 1. The van der Waals surface area contributed by atoms with Gasteiger partial charge < -0.3 is 9.64 Å². The van der Waals surface area contributed by atoms with E-state index in [1.807, 2.05) is 6.92 Å². The fourth-order valence-corrected chi connectivity index (χ4v) is 4.65. The van der Waals surface area contributed by atoms with Crippen LogP contribution in [0.4, 0.5) is 13.2 Å². The number of hydrogen-bond acceptors (Lipinski definition) is 4. The lowest BCUT2D eigenvalue weighted by molar-refractivity contribution is -0.137. The average Bonchev–Trinajstić information content (AvgIpc) is 2.73. The van der Waals surface area contributed by atoms with Crippen LogP contribution in [0.3, 0.4) is 0 Å². The van der Waals surface area contributed by atoms with Gasteiger partial charge in [-0.3, -0.25) is 4.79 Å². The van der Waals surface area contributed by atoms with Gasteiger partial charge in [0.1, 0.15) is 5.75 Å². The first-order valence-electron chi connectivity index (χ1n) is 9.32. The minimum absolute atomic E-state index is 0.00449. The van der Waals surface area contributed by atoms with Crippen molar-refractivity contribution in [3.8, 4) is 5.75 Å². The first-order valence-corrected chi connectivity index (χ1v) is 10.8. The van der Waals surface area contributed by atoms with E-state index in [1.165, 1.54) is 4.90 Å². The summed E-state index contributed by atoms with van der Waals surface area (Å²) in [5.41, 5.74) is -0.596. The molecule has 162 valence electrons. The molecular formula is C20H21F3N2O4S. The highest BCUT2D eigenvalue weighted by molar-refractivity contribution is 7.89. The van der Waals surface area contributed by atoms with Crippen molar-refractivity contribution in [1.29, 1.82) is 0 Å². The van der Waals surface area contributed by atoms with Crippen molar-refractivity contribution in [3.05, 3.63) is 59.7 Å². The van der Waals surface area contributed by atoms with Gasteiger partial charge in [-0.25, -0.2) is 8.42 Å². The molecule has 0 saturated carbocycles. The lowest BCUT2D eigenvalue weighted by Crippen LogP contribution is -2.50. The molecule has 30 heavy (non-hydrogen) atoms. The molecule has 1 aliphatic heterocycles. The van der Waals surface area contributed by atoms with E-state index in [4.69, 9.17) is 4.74 Å². The van der Waals surface area contributed by atoms with Crippen LogP contribution in [0.1, 0.15) is 22.8 Å². The summed E-state index contributed by atoms with van der Waals surface area (Å²) in [6, 6.07) is 10.4. The topological polar surface area (TPSA) is 66.9 Å². The van der Waals surface area contributed by atoms with E-state index in [2.05, 4.69) is 0 Å². The first kappa shape index (κ1) is 22.1. The van der Waals surface area contributed by atoms with Gasteiger partial charge in [0.05, 0.1) is 17.1 Å². The Balaban J connectivity index is 1.70. The number of alkyl halides is 3. The van der Waals surface area contributed by atoms with Gasteiger partial charge >= 0.3 is 6.18 Å². The summed E-state index contributed by atoms with van der Waals surface area (Å²) in [5, 5.41) is 0. The number of carbonyl (C=O) groups is 1. The van der Waals surface area contributed by atoms with Crippen LogP contribution in [0.5, 0.6) is 5.75 Å². The number of carbonyl (C=O) groups excluding carboxylic acids is 1. The zero-order valence-electron chi connectivity index (χ0n) is 16.2. The Morgan fingerprint density at radius 3 is 2.33 bits per heavy atom. The monoisotopic (exact) mass is 442 g/mol. The van der Waals surface area contributed by atoms with Crippen LogP contribution in [0, 0.1) is 0 Å². The zero-order chi connectivity index (χ0) is 21.9. The number of piperazine rings is 1. The molecule has 0 radical (unpaired) electrons. The van der Waals surface area contributed by atoms with Gasteiger partial charge in [-0.05, 0) is 43.3 Å². The summed E-state index contributed by atoms with van der Waals surface area (Å²) in [7, 11) is -4.10. The number of ether oxygens (including phenoxy) is 1. The minimum Gasteiger partial charge on any atom is -0.494 e. The molecule has 0 atom stereocenters. The van der Waals surface area contributed by atoms with Gasteiger partial charge in [-0.15, -0.1) is 0 Å². The number of rotatable bonds is 5. The Bertz CT molecular complexity index is 1020. The van der Waals surface area contributed by atoms with Crippen molar-refractivity contribution in [2.75, 3.05) is 32.8 Å². The molecule has 1 aliphatic rings. The SMILES string of the molecule is CCOc1cccc(C(=O)N2CCN(S(=O)(=O)c3cccc(C(F)(F)F)c3)CC2)c1. The fraction of sp³-hybridized carbons (Fsp3) is 0.350. The molecule has 1 saturated heterocycles. The van der Waals surface area contributed by atoms with E-state index in [9.17, 15) is 26.4 Å². The summed E-state index contributed by atoms with van der Waals surface area (Å²) in [4.78, 5) is 13.8.